The van der Waals surface area contributed by atoms with Crippen molar-refractivity contribution in [2.75, 3.05) is 5.32 Å². The first kappa shape index (κ1) is 18.2. The van der Waals surface area contributed by atoms with E-state index in [1.807, 2.05) is 6.07 Å². The lowest BCUT2D eigenvalue weighted by atomic mass is 9.96. The van der Waals surface area contributed by atoms with Gasteiger partial charge in [-0.25, -0.2) is 0 Å². The Morgan fingerprint density at radius 1 is 0.720 bits per heavy atom. The normalized spacial score (nSPS) is 10.7. The first-order chi connectivity index (χ1) is 11.8. The predicted molar refractivity (Wildman–Crippen MR) is 95.9 cm³/mol. The van der Waals surface area contributed by atoms with Crippen molar-refractivity contribution >= 4 is 23.4 Å². The molecule has 0 bridgehead atoms. The smallest absolute Gasteiger partial charge is 0.269 e. The van der Waals surface area contributed by atoms with Gasteiger partial charge >= 0.3 is 0 Å². The third-order valence-corrected chi connectivity index (χ3v) is 3.41. The number of rotatable bonds is 3. The molecule has 0 aliphatic carbocycles. The topological polar surface area (TPSA) is 87.3 Å². The summed E-state index contributed by atoms with van der Waals surface area (Å²) in [7, 11) is 0. The molecule has 25 heavy (non-hydrogen) atoms. The highest BCUT2D eigenvalue weighted by atomic mass is 16.2. The molecule has 6 nitrogen and oxygen atoms in total. The molecule has 0 aliphatic rings. The van der Waals surface area contributed by atoms with Gasteiger partial charge in [0.1, 0.15) is 0 Å². The van der Waals surface area contributed by atoms with Crippen molar-refractivity contribution < 1.29 is 14.4 Å². The van der Waals surface area contributed by atoms with Crippen LogP contribution in [-0.4, -0.2) is 17.7 Å². The molecule has 0 saturated heterocycles. The molecule has 2 aromatic carbocycles. The highest BCUT2D eigenvalue weighted by Crippen LogP contribution is 2.13. The molecule has 0 saturated carbocycles. The number of amides is 3. The number of carbonyl (C=O) groups excluding carboxylic acids is 3. The summed E-state index contributed by atoms with van der Waals surface area (Å²) < 4.78 is 0. The Morgan fingerprint density at radius 2 is 1.28 bits per heavy atom. The average molecular weight is 339 g/mol. The molecule has 0 spiro atoms. The van der Waals surface area contributed by atoms with Crippen molar-refractivity contribution in [3.63, 3.8) is 0 Å². The van der Waals surface area contributed by atoms with Crippen molar-refractivity contribution in [1.82, 2.24) is 10.9 Å². The van der Waals surface area contributed by atoms with Crippen molar-refractivity contribution in [1.29, 1.82) is 0 Å². The lowest BCUT2D eigenvalue weighted by molar-refractivity contribution is -0.129. The van der Waals surface area contributed by atoms with Crippen LogP contribution in [0.5, 0.6) is 0 Å². The van der Waals surface area contributed by atoms with Crippen LogP contribution in [0, 0.1) is 5.41 Å². The van der Waals surface area contributed by atoms with E-state index in [1.165, 1.54) is 0 Å². The molecule has 0 radical (unpaired) electrons. The first-order valence-electron chi connectivity index (χ1n) is 7.84. The summed E-state index contributed by atoms with van der Waals surface area (Å²) in [6, 6.07) is 15.2. The molecule has 3 N–H and O–H groups in total. The van der Waals surface area contributed by atoms with Crippen LogP contribution in [0.1, 0.15) is 41.5 Å². The molecule has 0 aliphatic heterocycles. The third-order valence-electron chi connectivity index (χ3n) is 3.41. The molecule has 6 heteroatoms. The van der Waals surface area contributed by atoms with E-state index < -0.39 is 11.3 Å². The van der Waals surface area contributed by atoms with E-state index in [0.717, 1.165) is 0 Å². The van der Waals surface area contributed by atoms with Crippen LogP contribution >= 0.6 is 0 Å². The lowest BCUT2D eigenvalue weighted by Gasteiger charge is -2.17. The Kier molecular flexibility index (Phi) is 5.54. The molecule has 130 valence electrons. The second kappa shape index (κ2) is 7.61. The van der Waals surface area contributed by atoms with E-state index in [2.05, 4.69) is 16.2 Å². The Bertz CT molecular complexity index is 763. The van der Waals surface area contributed by atoms with E-state index in [9.17, 15) is 14.4 Å². The molecule has 3 amide bonds. The van der Waals surface area contributed by atoms with E-state index in [0.29, 0.717) is 16.8 Å². The van der Waals surface area contributed by atoms with Gasteiger partial charge in [-0.15, -0.1) is 0 Å². The minimum Gasteiger partial charge on any atom is -0.322 e. The molecular formula is C19H21N3O3. The summed E-state index contributed by atoms with van der Waals surface area (Å²) >= 11 is 0. The summed E-state index contributed by atoms with van der Waals surface area (Å²) in [6.07, 6.45) is 0. The molecule has 0 heterocycles. The Hall–Kier alpha value is -3.15. The van der Waals surface area contributed by atoms with Gasteiger partial charge in [0.15, 0.2) is 0 Å². The number of carbonyl (C=O) groups is 3. The van der Waals surface area contributed by atoms with Crippen LogP contribution in [-0.2, 0) is 4.79 Å². The zero-order chi connectivity index (χ0) is 18.4. The van der Waals surface area contributed by atoms with Crippen LogP contribution in [0.15, 0.2) is 54.6 Å². The number of hydrogen-bond acceptors (Lipinski definition) is 3. The van der Waals surface area contributed by atoms with E-state index in [4.69, 9.17) is 0 Å². The van der Waals surface area contributed by atoms with Crippen LogP contribution in [0.2, 0.25) is 0 Å². The molecular weight excluding hydrogens is 318 g/mol. The van der Waals surface area contributed by atoms with Crippen molar-refractivity contribution in [3.8, 4) is 0 Å². The van der Waals surface area contributed by atoms with Crippen molar-refractivity contribution in [3.05, 3.63) is 65.7 Å². The second-order valence-electron chi connectivity index (χ2n) is 6.56. The number of hydrazine groups is 1. The van der Waals surface area contributed by atoms with Gasteiger partial charge in [0.05, 0.1) is 0 Å². The Balaban J connectivity index is 1.94. The van der Waals surface area contributed by atoms with Crippen molar-refractivity contribution in [2.45, 2.75) is 20.8 Å². The fraction of sp³-hybridized carbons (Fsp3) is 0.211. The quantitative estimate of drug-likeness (QED) is 0.752. The van der Waals surface area contributed by atoms with Gasteiger partial charge in [0.2, 0.25) is 5.91 Å². The fourth-order valence-electron chi connectivity index (χ4n) is 1.87. The molecule has 0 aromatic heterocycles. The number of nitrogens with one attached hydrogen (secondary N) is 3. The molecule has 0 unspecified atom stereocenters. The minimum absolute atomic E-state index is 0.227. The molecule has 2 rings (SSSR count). The summed E-state index contributed by atoms with van der Waals surface area (Å²) in [4.78, 5) is 35.8. The van der Waals surface area contributed by atoms with Gasteiger partial charge in [-0.05, 0) is 36.4 Å². The van der Waals surface area contributed by atoms with E-state index >= 15 is 0 Å². The van der Waals surface area contributed by atoms with Crippen molar-refractivity contribution in [2.24, 2.45) is 5.41 Å². The van der Waals surface area contributed by atoms with Gasteiger partial charge in [-0.2, -0.15) is 0 Å². The summed E-state index contributed by atoms with van der Waals surface area (Å²) in [5, 5.41) is 2.75. The molecule has 0 atom stereocenters. The third kappa shape index (κ3) is 5.17. The first-order valence-corrected chi connectivity index (χ1v) is 7.84. The monoisotopic (exact) mass is 339 g/mol. The van der Waals surface area contributed by atoms with Gasteiger partial charge < -0.3 is 5.32 Å². The Labute approximate surface area is 146 Å². The maximum atomic E-state index is 12.1. The lowest BCUT2D eigenvalue weighted by Crippen LogP contribution is -2.46. The summed E-state index contributed by atoms with van der Waals surface area (Å²) in [5.41, 5.74) is 5.64. The highest BCUT2D eigenvalue weighted by Gasteiger charge is 2.21. The molecule has 0 fully saturated rings. The van der Waals surface area contributed by atoms with E-state index in [1.54, 1.807) is 69.3 Å². The number of benzene rings is 2. The van der Waals surface area contributed by atoms with Gasteiger partial charge in [0, 0.05) is 22.2 Å². The van der Waals surface area contributed by atoms with E-state index in [-0.39, 0.29) is 11.8 Å². The fourth-order valence-corrected chi connectivity index (χ4v) is 1.87. The zero-order valence-electron chi connectivity index (χ0n) is 14.4. The Morgan fingerprint density at radius 3 is 1.84 bits per heavy atom. The predicted octanol–water partition coefficient (Wildman–Crippen LogP) is 2.75. The van der Waals surface area contributed by atoms with Gasteiger partial charge in [-0.3, -0.25) is 25.2 Å². The maximum Gasteiger partial charge on any atom is 0.269 e. The van der Waals surface area contributed by atoms with Crippen LogP contribution in [0.25, 0.3) is 0 Å². The van der Waals surface area contributed by atoms with Gasteiger partial charge in [-0.1, -0.05) is 39.0 Å². The average Bonchev–Trinajstić information content (AvgIpc) is 2.60. The second-order valence-corrected chi connectivity index (χ2v) is 6.56. The summed E-state index contributed by atoms with van der Waals surface area (Å²) in [5.74, 6) is -0.943. The van der Waals surface area contributed by atoms with Crippen LogP contribution < -0.4 is 16.2 Å². The zero-order valence-corrected chi connectivity index (χ0v) is 14.4. The number of hydrogen-bond donors (Lipinski definition) is 3. The molecule has 2 aromatic rings. The van der Waals surface area contributed by atoms with Gasteiger partial charge in [0.25, 0.3) is 11.8 Å². The standard InChI is InChI=1S/C19H21N3O3/c1-19(2,3)18(25)22-21-17(24)14-9-11-15(12-10-14)20-16(23)13-7-5-4-6-8-13/h4-12H,1-3H3,(H,20,23)(H,21,24)(H,22,25). The maximum absolute atomic E-state index is 12.1. The van der Waals surface area contributed by atoms with Crippen LogP contribution in [0.3, 0.4) is 0 Å². The van der Waals surface area contributed by atoms with Crippen LogP contribution in [0.4, 0.5) is 5.69 Å². The number of anilines is 1. The minimum atomic E-state index is -0.598. The summed E-state index contributed by atoms with van der Waals surface area (Å²) in [6.45, 7) is 5.25. The SMILES string of the molecule is CC(C)(C)C(=O)NNC(=O)c1ccc(NC(=O)c2ccccc2)cc1. The largest absolute Gasteiger partial charge is 0.322 e. The highest BCUT2D eigenvalue weighted by molar-refractivity contribution is 6.04.